The summed E-state index contributed by atoms with van der Waals surface area (Å²) in [6.07, 6.45) is 12.4. The monoisotopic (exact) mass is 217 g/mol. The molecule has 2 heterocycles. The van der Waals surface area contributed by atoms with Crippen LogP contribution in [0.2, 0.25) is 0 Å². The molecule has 0 saturated heterocycles. The van der Waals surface area contributed by atoms with E-state index in [0.29, 0.717) is 12.2 Å². The number of allylic oxidation sites excluding steroid dienone is 3. The van der Waals surface area contributed by atoms with Gasteiger partial charge in [0, 0.05) is 12.7 Å². The van der Waals surface area contributed by atoms with Crippen LogP contribution in [0.25, 0.3) is 0 Å². The van der Waals surface area contributed by atoms with Crippen molar-refractivity contribution in [1.29, 1.82) is 0 Å². The van der Waals surface area contributed by atoms with Crippen molar-refractivity contribution >= 4 is 5.97 Å². The third-order valence-corrected chi connectivity index (χ3v) is 2.46. The van der Waals surface area contributed by atoms with Crippen molar-refractivity contribution in [3.05, 3.63) is 47.9 Å². The largest absolute Gasteiger partial charge is 0.462 e. The van der Waals surface area contributed by atoms with Crippen LogP contribution in [-0.2, 0) is 9.53 Å². The van der Waals surface area contributed by atoms with E-state index in [-0.39, 0.29) is 5.97 Å². The molecule has 0 N–H and O–H groups in total. The summed E-state index contributed by atoms with van der Waals surface area (Å²) in [6.45, 7) is 3.26. The Hall–Kier alpha value is -1.77. The Kier molecular flexibility index (Phi) is 3.25. The van der Waals surface area contributed by atoms with E-state index in [1.807, 2.05) is 48.4 Å². The Morgan fingerprint density at radius 1 is 1.44 bits per heavy atom. The number of ether oxygens (including phenoxy) is 1. The molecule has 0 amide bonds. The van der Waals surface area contributed by atoms with Crippen molar-refractivity contribution in [2.24, 2.45) is 0 Å². The first-order valence-electron chi connectivity index (χ1n) is 5.52. The highest BCUT2D eigenvalue weighted by Crippen LogP contribution is 2.22. The molecule has 0 saturated carbocycles. The molecule has 0 aromatic rings. The Morgan fingerprint density at radius 3 is 3.12 bits per heavy atom. The van der Waals surface area contributed by atoms with Gasteiger partial charge in [0.25, 0.3) is 0 Å². The van der Waals surface area contributed by atoms with Crippen molar-refractivity contribution in [2.45, 2.75) is 13.3 Å². The molecule has 2 rings (SSSR count). The van der Waals surface area contributed by atoms with Crippen molar-refractivity contribution < 1.29 is 9.53 Å². The standard InChI is InChI=1S/C13H15NO2/c1-2-10-16-13(15)11-6-5-9-14-8-4-3-7-12(11)14/h3-8H,2,9-10H2,1H3. The Balaban J connectivity index is 2.21. The second kappa shape index (κ2) is 4.84. The molecule has 3 heteroatoms. The second-order valence-electron chi connectivity index (χ2n) is 3.69. The predicted octanol–water partition coefficient (Wildman–Crippen LogP) is 2.15. The van der Waals surface area contributed by atoms with Gasteiger partial charge in [0.2, 0.25) is 0 Å². The minimum absolute atomic E-state index is 0.238. The van der Waals surface area contributed by atoms with Crippen LogP contribution in [0.4, 0.5) is 0 Å². The lowest BCUT2D eigenvalue weighted by molar-refractivity contribution is -0.138. The summed E-state index contributed by atoms with van der Waals surface area (Å²) in [4.78, 5) is 13.8. The number of carbonyl (C=O) groups is 1. The summed E-state index contributed by atoms with van der Waals surface area (Å²) in [5, 5.41) is 0. The van der Waals surface area contributed by atoms with Crippen LogP contribution in [0.1, 0.15) is 13.3 Å². The minimum Gasteiger partial charge on any atom is -0.462 e. The molecule has 0 aromatic carbocycles. The number of fused-ring (bicyclic) bond motifs is 1. The number of esters is 1. The number of carbonyl (C=O) groups excluding carboxylic acids is 1. The topological polar surface area (TPSA) is 29.5 Å². The molecule has 0 spiro atoms. The first-order valence-corrected chi connectivity index (χ1v) is 5.52. The van der Waals surface area contributed by atoms with Crippen molar-refractivity contribution in [3.8, 4) is 0 Å². The van der Waals surface area contributed by atoms with Gasteiger partial charge < -0.3 is 9.64 Å². The highest BCUT2D eigenvalue weighted by molar-refractivity contribution is 5.93. The quantitative estimate of drug-likeness (QED) is 0.678. The van der Waals surface area contributed by atoms with E-state index in [1.165, 1.54) is 0 Å². The van der Waals surface area contributed by atoms with Gasteiger partial charge in [-0.25, -0.2) is 4.79 Å². The molecule has 0 atom stereocenters. The predicted molar refractivity (Wildman–Crippen MR) is 62.4 cm³/mol. The molecule has 0 aromatic heterocycles. The average molecular weight is 217 g/mol. The number of rotatable bonds is 3. The van der Waals surface area contributed by atoms with Gasteiger partial charge in [0.15, 0.2) is 0 Å². The molecule has 2 aliphatic heterocycles. The molecule has 3 nitrogen and oxygen atoms in total. The van der Waals surface area contributed by atoms with E-state index in [0.717, 1.165) is 18.7 Å². The maximum atomic E-state index is 11.8. The van der Waals surface area contributed by atoms with E-state index in [1.54, 1.807) is 0 Å². The lowest BCUT2D eigenvalue weighted by Crippen LogP contribution is -2.24. The van der Waals surface area contributed by atoms with E-state index >= 15 is 0 Å². The molecule has 0 aliphatic carbocycles. The van der Waals surface area contributed by atoms with Crippen LogP contribution in [0.15, 0.2) is 47.9 Å². The van der Waals surface area contributed by atoms with Gasteiger partial charge in [-0.05, 0) is 24.6 Å². The van der Waals surface area contributed by atoms with Gasteiger partial charge in [-0.1, -0.05) is 19.1 Å². The summed E-state index contributed by atoms with van der Waals surface area (Å²) in [5.41, 5.74) is 1.56. The van der Waals surface area contributed by atoms with Crippen molar-refractivity contribution in [1.82, 2.24) is 4.90 Å². The summed E-state index contributed by atoms with van der Waals surface area (Å²) in [6, 6.07) is 0. The molecule has 0 bridgehead atoms. The smallest absolute Gasteiger partial charge is 0.340 e. The van der Waals surface area contributed by atoms with E-state index < -0.39 is 0 Å². The third kappa shape index (κ3) is 2.08. The molecular weight excluding hydrogens is 202 g/mol. The van der Waals surface area contributed by atoms with E-state index in [2.05, 4.69) is 0 Å². The molecular formula is C13H15NO2. The first-order chi connectivity index (χ1) is 7.83. The van der Waals surface area contributed by atoms with Crippen LogP contribution in [-0.4, -0.2) is 24.0 Å². The molecule has 0 fully saturated rings. The van der Waals surface area contributed by atoms with Crippen molar-refractivity contribution in [2.75, 3.05) is 13.2 Å². The lowest BCUT2D eigenvalue weighted by Gasteiger charge is -2.26. The summed E-state index contributed by atoms with van der Waals surface area (Å²) in [5.74, 6) is -0.238. The van der Waals surface area contributed by atoms with Crippen LogP contribution in [0.3, 0.4) is 0 Å². The molecule has 0 radical (unpaired) electrons. The van der Waals surface area contributed by atoms with Crippen LogP contribution in [0, 0.1) is 0 Å². The summed E-state index contributed by atoms with van der Waals surface area (Å²) in [7, 11) is 0. The van der Waals surface area contributed by atoms with Crippen LogP contribution in [0.5, 0.6) is 0 Å². The van der Waals surface area contributed by atoms with Gasteiger partial charge in [0.05, 0.1) is 17.9 Å². The highest BCUT2D eigenvalue weighted by Gasteiger charge is 2.20. The van der Waals surface area contributed by atoms with Gasteiger partial charge in [-0.2, -0.15) is 0 Å². The minimum atomic E-state index is -0.238. The summed E-state index contributed by atoms with van der Waals surface area (Å²) < 4.78 is 5.15. The average Bonchev–Trinajstić information content (AvgIpc) is 2.35. The Bertz CT molecular complexity index is 402. The van der Waals surface area contributed by atoms with Crippen LogP contribution >= 0.6 is 0 Å². The normalized spacial score (nSPS) is 17.7. The molecule has 16 heavy (non-hydrogen) atoms. The molecule has 2 aliphatic rings. The fourth-order valence-electron chi connectivity index (χ4n) is 1.69. The van der Waals surface area contributed by atoms with E-state index in [4.69, 9.17) is 4.74 Å². The van der Waals surface area contributed by atoms with Gasteiger partial charge >= 0.3 is 5.97 Å². The SMILES string of the molecule is CCCOC(=O)C1=C2C=CC=CN2CC=C1. The summed E-state index contributed by atoms with van der Waals surface area (Å²) >= 11 is 0. The van der Waals surface area contributed by atoms with E-state index in [9.17, 15) is 4.79 Å². The van der Waals surface area contributed by atoms with Crippen LogP contribution < -0.4 is 0 Å². The maximum absolute atomic E-state index is 11.8. The highest BCUT2D eigenvalue weighted by atomic mass is 16.5. The zero-order valence-corrected chi connectivity index (χ0v) is 9.35. The number of hydrogen-bond acceptors (Lipinski definition) is 3. The van der Waals surface area contributed by atoms with Gasteiger partial charge in [-0.15, -0.1) is 0 Å². The lowest BCUT2D eigenvalue weighted by atomic mass is 10.1. The molecule has 0 unspecified atom stereocenters. The Morgan fingerprint density at radius 2 is 2.31 bits per heavy atom. The first kappa shape index (κ1) is 10.7. The maximum Gasteiger partial charge on any atom is 0.340 e. The fourth-order valence-corrected chi connectivity index (χ4v) is 1.69. The fraction of sp³-hybridized carbons (Fsp3) is 0.308. The zero-order valence-electron chi connectivity index (χ0n) is 9.35. The third-order valence-electron chi connectivity index (χ3n) is 2.46. The van der Waals surface area contributed by atoms with Gasteiger partial charge in [-0.3, -0.25) is 0 Å². The Labute approximate surface area is 95.4 Å². The number of nitrogens with zero attached hydrogens (tertiary/aromatic N) is 1. The van der Waals surface area contributed by atoms with Crippen molar-refractivity contribution in [3.63, 3.8) is 0 Å². The number of hydrogen-bond donors (Lipinski definition) is 0. The van der Waals surface area contributed by atoms with Gasteiger partial charge in [0.1, 0.15) is 0 Å². The zero-order chi connectivity index (χ0) is 11.4. The molecule has 84 valence electrons. The second-order valence-corrected chi connectivity index (χ2v) is 3.69.